The van der Waals surface area contributed by atoms with Crippen LogP contribution in [0.5, 0.6) is 0 Å². The van der Waals surface area contributed by atoms with Crippen LogP contribution in [0, 0.1) is 0 Å². The first-order chi connectivity index (χ1) is 16.0. The van der Waals surface area contributed by atoms with Gasteiger partial charge >= 0.3 is 0 Å². The fourth-order valence-corrected chi connectivity index (χ4v) is 4.97. The highest BCUT2D eigenvalue weighted by Gasteiger charge is 2.20. The molecule has 0 atom stereocenters. The molecule has 2 aromatic carbocycles. The van der Waals surface area contributed by atoms with Crippen LogP contribution < -0.4 is 10.6 Å². The van der Waals surface area contributed by atoms with Crippen molar-refractivity contribution in [2.24, 2.45) is 0 Å². The van der Waals surface area contributed by atoms with Crippen LogP contribution >= 0.6 is 38.9 Å². The molecule has 7 nitrogen and oxygen atoms in total. The monoisotopic (exact) mass is 545 g/mol. The lowest BCUT2D eigenvalue weighted by Gasteiger charge is -2.05. The number of nitrogens with zero attached hydrogens (tertiary/aromatic N) is 2. The Morgan fingerprint density at radius 3 is 2.64 bits per heavy atom. The molecule has 0 unspecified atom stereocenters. The number of fused-ring (bicyclic) bond motifs is 1. The average Bonchev–Trinajstić information content (AvgIpc) is 3.39. The van der Waals surface area contributed by atoms with Crippen molar-refractivity contribution < 1.29 is 9.59 Å². The lowest BCUT2D eigenvalue weighted by atomic mass is 10.2. The number of carbonyl (C=O) groups is 2. The second kappa shape index (κ2) is 10.9. The molecule has 33 heavy (non-hydrogen) atoms. The summed E-state index contributed by atoms with van der Waals surface area (Å²) in [6.45, 7) is 0.541. The van der Waals surface area contributed by atoms with Crippen LogP contribution in [-0.2, 0) is 6.42 Å². The van der Waals surface area contributed by atoms with E-state index in [4.69, 9.17) is 11.6 Å². The van der Waals surface area contributed by atoms with Gasteiger partial charge in [0, 0.05) is 6.54 Å². The van der Waals surface area contributed by atoms with Crippen LogP contribution in [0.3, 0.4) is 0 Å². The van der Waals surface area contributed by atoms with E-state index in [1.165, 1.54) is 4.70 Å². The average molecular weight is 547 g/mol. The van der Waals surface area contributed by atoms with Crippen LogP contribution in [-0.4, -0.2) is 33.5 Å². The van der Waals surface area contributed by atoms with Crippen LogP contribution in [0.2, 0.25) is 5.02 Å². The Bertz CT molecular complexity index is 1260. The van der Waals surface area contributed by atoms with E-state index in [1.807, 2.05) is 18.2 Å². The lowest BCUT2D eigenvalue weighted by Crippen LogP contribution is -2.25. The number of aromatic amines is 1. The SMILES string of the molecule is O=C(Nc1[nH]nc(C(=O)NCCCCCc2nc3ccccc3s2)c1Br)c1ccccc1Cl. The zero-order valence-electron chi connectivity index (χ0n) is 17.5. The molecule has 0 aliphatic heterocycles. The number of aryl methyl sites for hydroxylation is 1. The van der Waals surface area contributed by atoms with Crippen molar-refractivity contribution in [1.29, 1.82) is 0 Å². The summed E-state index contributed by atoms with van der Waals surface area (Å²) in [4.78, 5) is 29.5. The van der Waals surface area contributed by atoms with Crippen LogP contribution in [0.4, 0.5) is 5.82 Å². The Morgan fingerprint density at radius 1 is 1.03 bits per heavy atom. The highest BCUT2D eigenvalue weighted by atomic mass is 79.9. The van der Waals surface area contributed by atoms with Crippen molar-refractivity contribution in [3.05, 3.63) is 74.3 Å². The third kappa shape index (κ3) is 5.79. The van der Waals surface area contributed by atoms with Crippen molar-refractivity contribution in [3.8, 4) is 0 Å². The van der Waals surface area contributed by atoms with E-state index in [0.29, 0.717) is 27.4 Å². The maximum Gasteiger partial charge on any atom is 0.273 e. The molecule has 0 saturated carbocycles. The van der Waals surface area contributed by atoms with Gasteiger partial charge < -0.3 is 10.6 Å². The summed E-state index contributed by atoms with van der Waals surface area (Å²) in [5.41, 5.74) is 1.56. The summed E-state index contributed by atoms with van der Waals surface area (Å²) in [6.07, 6.45) is 3.79. The number of para-hydroxylation sites is 1. The summed E-state index contributed by atoms with van der Waals surface area (Å²) in [5, 5.41) is 13.7. The number of H-pyrrole nitrogens is 1. The minimum atomic E-state index is -0.398. The number of amides is 2. The number of anilines is 1. The summed E-state index contributed by atoms with van der Waals surface area (Å²) >= 11 is 11.1. The van der Waals surface area contributed by atoms with E-state index >= 15 is 0 Å². The molecule has 2 amide bonds. The van der Waals surface area contributed by atoms with Gasteiger partial charge in [0.25, 0.3) is 11.8 Å². The van der Waals surface area contributed by atoms with E-state index in [9.17, 15) is 9.59 Å². The molecule has 0 aliphatic carbocycles. The fourth-order valence-electron chi connectivity index (χ4n) is 3.28. The largest absolute Gasteiger partial charge is 0.351 e. The second-order valence-electron chi connectivity index (χ2n) is 7.34. The van der Waals surface area contributed by atoms with Gasteiger partial charge in [0.15, 0.2) is 5.69 Å². The molecule has 2 aromatic heterocycles. The van der Waals surface area contributed by atoms with Gasteiger partial charge in [-0.3, -0.25) is 14.7 Å². The number of aromatic nitrogens is 3. The van der Waals surface area contributed by atoms with Gasteiger partial charge in [-0.25, -0.2) is 4.98 Å². The minimum absolute atomic E-state index is 0.180. The molecule has 0 saturated heterocycles. The van der Waals surface area contributed by atoms with E-state index < -0.39 is 5.91 Å². The van der Waals surface area contributed by atoms with Crippen LogP contribution in [0.25, 0.3) is 10.2 Å². The van der Waals surface area contributed by atoms with Gasteiger partial charge in [-0.2, -0.15) is 5.10 Å². The molecule has 4 rings (SSSR count). The summed E-state index contributed by atoms with van der Waals surface area (Å²) in [6, 6.07) is 14.9. The summed E-state index contributed by atoms with van der Waals surface area (Å²) in [7, 11) is 0. The number of thiazole rings is 1. The number of nitrogens with one attached hydrogen (secondary N) is 3. The highest BCUT2D eigenvalue weighted by Crippen LogP contribution is 2.25. The first kappa shape index (κ1) is 23.4. The smallest absolute Gasteiger partial charge is 0.273 e. The number of unbranched alkanes of at least 4 members (excludes halogenated alkanes) is 2. The van der Waals surface area contributed by atoms with E-state index in [2.05, 4.69) is 47.8 Å². The lowest BCUT2D eigenvalue weighted by molar-refractivity contribution is 0.0946. The Balaban J connectivity index is 1.21. The second-order valence-corrected chi connectivity index (χ2v) is 9.65. The van der Waals surface area contributed by atoms with Gasteiger partial charge in [-0.15, -0.1) is 11.3 Å². The quantitative estimate of drug-likeness (QED) is 0.230. The molecular weight excluding hydrogens is 526 g/mol. The number of hydrogen-bond acceptors (Lipinski definition) is 5. The third-order valence-corrected chi connectivity index (χ3v) is 7.17. The van der Waals surface area contributed by atoms with Crippen LogP contribution in [0.1, 0.15) is 45.1 Å². The van der Waals surface area contributed by atoms with Gasteiger partial charge in [0.05, 0.1) is 30.3 Å². The van der Waals surface area contributed by atoms with Crippen molar-refractivity contribution in [2.45, 2.75) is 25.7 Å². The predicted octanol–water partition coefficient (Wildman–Crippen LogP) is 5.83. The zero-order valence-corrected chi connectivity index (χ0v) is 20.7. The number of rotatable bonds is 9. The molecule has 2 heterocycles. The fraction of sp³-hybridized carbons (Fsp3) is 0.217. The van der Waals surface area contributed by atoms with Crippen molar-refractivity contribution >= 4 is 66.7 Å². The molecule has 0 radical (unpaired) electrons. The molecule has 3 N–H and O–H groups in total. The Hall–Kier alpha value is -2.75. The third-order valence-electron chi connectivity index (χ3n) is 4.97. The van der Waals surface area contributed by atoms with E-state index in [1.54, 1.807) is 35.6 Å². The first-order valence-electron chi connectivity index (χ1n) is 10.5. The molecule has 0 spiro atoms. The molecule has 0 bridgehead atoms. The van der Waals surface area contributed by atoms with Gasteiger partial charge in [0.1, 0.15) is 5.82 Å². The molecule has 170 valence electrons. The maximum absolute atomic E-state index is 12.5. The molecular formula is C23H21BrClN5O2S. The van der Waals surface area contributed by atoms with Crippen LogP contribution in [0.15, 0.2) is 53.0 Å². The minimum Gasteiger partial charge on any atom is -0.351 e. The molecule has 0 aliphatic rings. The summed E-state index contributed by atoms with van der Waals surface area (Å²) in [5.74, 6) is -0.423. The van der Waals surface area contributed by atoms with Gasteiger partial charge in [-0.05, 0) is 59.5 Å². The Labute approximate surface area is 208 Å². The first-order valence-corrected chi connectivity index (χ1v) is 12.4. The topological polar surface area (TPSA) is 99.8 Å². The standard InChI is InChI=1S/C23H21BrClN5O2S/c24-19-20(29-30-21(19)28-22(31)14-8-3-4-9-15(14)25)23(32)26-13-7-1-2-12-18-27-16-10-5-6-11-17(16)33-18/h3-6,8-11H,1-2,7,12-13H2,(H,26,32)(H2,28,29,30,31). The molecule has 0 fully saturated rings. The number of hydrogen-bond donors (Lipinski definition) is 3. The molecule has 4 aromatic rings. The van der Waals surface area contributed by atoms with Crippen molar-refractivity contribution in [3.63, 3.8) is 0 Å². The Kier molecular flexibility index (Phi) is 7.74. The maximum atomic E-state index is 12.5. The Morgan fingerprint density at radius 2 is 1.82 bits per heavy atom. The number of benzene rings is 2. The van der Waals surface area contributed by atoms with Crippen molar-refractivity contribution in [1.82, 2.24) is 20.5 Å². The predicted molar refractivity (Wildman–Crippen MR) is 135 cm³/mol. The normalized spacial score (nSPS) is 11.0. The van der Waals surface area contributed by atoms with Gasteiger partial charge in [-0.1, -0.05) is 42.3 Å². The van der Waals surface area contributed by atoms with E-state index in [0.717, 1.165) is 36.2 Å². The molecule has 10 heteroatoms. The highest BCUT2D eigenvalue weighted by molar-refractivity contribution is 9.10. The number of halogens is 2. The van der Waals surface area contributed by atoms with Crippen molar-refractivity contribution in [2.75, 3.05) is 11.9 Å². The number of carbonyl (C=O) groups excluding carboxylic acids is 2. The van der Waals surface area contributed by atoms with E-state index in [-0.39, 0.29) is 11.6 Å². The van der Waals surface area contributed by atoms with Gasteiger partial charge in [0.2, 0.25) is 0 Å². The summed E-state index contributed by atoms with van der Waals surface area (Å²) < 4.78 is 1.60. The zero-order chi connectivity index (χ0) is 23.2.